The lowest BCUT2D eigenvalue weighted by atomic mass is 9.99. The highest BCUT2D eigenvalue weighted by Crippen LogP contribution is 2.32. The molecule has 1 N–H and O–H groups in total. The van der Waals surface area contributed by atoms with Gasteiger partial charge >= 0.3 is 6.18 Å². The predicted octanol–water partition coefficient (Wildman–Crippen LogP) is 5.46. The Balaban J connectivity index is 0.00000288. The third kappa shape index (κ3) is 9.62. The largest absolute Gasteiger partial charge is 0.508 e. The minimum absolute atomic E-state index is 0. The molecule has 1 aromatic heterocycles. The number of ether oxygens (including phenoxy) is 2. The van der Waals surface area contributed by atoms with Gasteiger partial charge in [-0.2, -0.15) is 13.2 Å². The highest BCUT2D eigenvalue weighted by molar-refractivity contribution is 5.95. The Bertz CT molecular complexity index is 1410. The van der Waals surface area contributed by atoms with E-state index in [1.165, 1.54) is 6.07 Å². The second-order valence-electron chi connectivity index (χ2n) is 11.6. The van der Waals surface area contributed by atoms with Gasteiger partial charge in [0.05, 0.1) is 24.9 Å². The smallest absolute Gasteiger partial charge is 0.416 e. The standard InChI is InChI=1S/C33H41F3N4O4.2ClH/c1-3-43-23-30-22-38(14-15-44-30)11-10-37-12-13-40(29(21-37)16-25-7-6-24(2)31(41)17-25)32(42)26-18-27(33(34,35)36)20-28(19-26)39-8-4-5-9-39;;/h4-9,17-20,29-30,41H,3,10-16,21-23H2,1-2H3;2*1H/t29-,30+;;/m1../s1. The summed E-state index contributed by atoms with van der Waals surface area (Å²) in [6, 6.07) is 12.2. The van der Waals surface area contributed by atoms with Crippen molar-refractivity contribution in [3.8, 4) is 11.4 Å². The third-order valence-corrected chi connectivity index (χ3v) is 8.43. The lowest BCUT2D eigenvalue weighted by Crippen LogP contribution is -2.57. The lowest BCUT2D eigenvalue weighted by molar-refractivity contribution is -0.137. The van der Waals surface area contributed by atoms with E-state index in [1.54, 1.807) is 40.1 Å². The number of morpholine rings is 1. The molecule has 0 aliphatic carbocycles. The number of alkyl halides is 3. The van der Waals surface area contributed by atoms with E-state index in [0.29, 0.717) is 45.9 Å². The van der Waals surface area contributed by atoms with Crippen molar-refractivity contribution in [2.24, 2.45) is 0 Å². The van der Waals surface area contributed by atoms with Gasteiger partial charge in [0.2, 0.25) is 0 Å². The molecule has 1 amide bonds. The highest BCUT2D eigenvalue weighted by Gasteiger charge is 2.35. The van der Waals surface area contributed by atoms with Crippen molar-refractivity contribution >= 4 is 30.7 Å². The second kappa shape index (κ2) is 16.9. The van der Waals surface area contributed by atoms with E-state index in [0.717, 1.165) is 49.4 Å². The van der Waals surface area contributed by atoms with Gasteiger partial charge in [0.25, 0.3) is 5.91 Å². The summed E-state index contributed by atoms with van der Waals surface area (Å²) in [5.74, 6) is -0.256. The van der Waals surface area contributed by atoms with Gasteiger partial charge < -0.3 is 24.0 Å². The monoisotopic (exact) mass is 686 g/mol. The van der Waals surface area contributed by atoms with Gasteiger partial charge in [0.15, 0.2) is 0 Å². The summed E-state index contributed by atoms with van der Waals surface area (Å²) in [6.07, 6.45) is -0.778. The molecule has 2 fully saturated rings. The molecule has 0 spiro atoms. The number of phenols is 1. The van der Waals surface area contributed by atoms with Gasteiger partial charge in [-0.1, -0.05) is 12.1 Å². The van der Waals surface area contributed by atoms with Crippen LogP contribution in [0.25, 0.3) is 5.69 Å². The average Bonchev–Trinajstić information content (AvgIpc) is 3.56. The van der Waals surface area contributed by atoms with Crippen LogP contribution in [0.5, 0.6) is 5.75 Å². The first-order valence-electron chi connectivity index (χ1n) is 15.2. The number of hydrogen-bond acceptors (Lipinski definition) is 6. The SMILES string of the molecule is CCOC[C@@H]1CN(CCN2CCN(C(=O)c3cc(-n4cccc4)cc(C(F)(F)F)c3)[C@H](Cc3ccc(C)c(O)c3)C2)CCO1.Cl.Cl. The first-order chi connectivity index (χ1) is 21.1. The van der Waals surface area contributed by atoms with Gasteiger partial charge in [0.1, 0.15) is 5.75 Å². The number of hydrogen-bond donors (Lipinski definition) is 1. The zero-order chi connectivity index (χ0) is 31.3. The Hall–Kier alpha value is -2.80. The quantitative estimate of drug-likeness (QED) is 0.306. The Morgan fingerprint density at radius 3 is 2.39 bits per heavy atom. The van der Waals surface area contributed by atoms with Crippen LogP contribution >= 0.6 is 24.8 Å². The molecular weight excluding hydrogens is 644 g/mol. The number of amides is 1. The molecule has 2 aliphatic heterocycles. The Morgan fingerprint density at radius 1 is 1.00 bits per heavy atom. The predicted molar refractivity (Wildman–Crippen MR) is 176 cm³/mol. The van der Waals surface area contributed by atoms with E-state index in [2.05, 4.69) is 9.80 Å². The van der Waals surface area contributed by atoms with Crippen LogP contribution < -0.4 is 0 Å². The summed E-state index contributed by atoms with van der Waals surface area (Å²) in [5, 5.41) is 10.3. The third-order valence-electron chi connectivity index (χ3n) is 8.43. The number of rotatable bonds is 10. The lowest BCUT2D eigenvalue weighted by Gasteiger charge is -2.43. The van der Waals surface area contributed by atoms with Crippen LogP contribution in [0.2, 0.25) is 0 Å². The number of aromatic nitrogens is 1. The zero-order valence-electron chi connectivity index (χ0n) is 26.1. The number of aryl methyl sites for hydroxylation is 1. The molecule has 254 valence electrons. The van der Waals surface area contributed by atoms with Crippen molar-refractivity contribution in [3.05, 3.63) is 83.2 Å². The van der Waals surface area contributed by atoms with Crippen molar-refractivity contribution in [2.45, 2.75) is 38.6 Å². The summed E-state index contributed by atoms with van der Waals surface area (Å²) in [7, 11) is 0. The summed E-state index contributed by atoms with van der Waals surface area (Å²) in [6.45, 7) is 10.5. The molecule has 2 atom stereocenters. The van der Waals surface area contributed by atoms with Crippen LogP contribution in [0.15, 0.2) is 60.9 Å². The van der Waals surface area contributed by atoms with Crippen LogP contribution in [0.4, 0.5) is 13.2 Å². The van der Waals surface area contributed by atoms with E-state index in [1.807, 2.05) is 26.0 Å². The molecule has 2 aromatic carbocycles. The maximum Gasteiger partial charge on any atom is 0.416 e. The van der Waals surface area contributed by atoms with E-state index >= 15 is 0 Å². The molecule has 5 rings (SSSR count). The summed E-state index contributed by atoms with van der Waals surface area (Å²) in [4.78, 5) is 20.4. The fourth-order valence-electron chi connectivity index (χ4n) is 5.96. The molecule has 8 nitrogen and oxygen atoms in total. The van der Waals surface area contributed by atoms with Gasteiger partial charge in [-0.15, -0.1) is 24.8 Å². The minimum atomic E-state index is -4.60. The number of phenolic OH excluding ortho intramolecular Hbond substituents is 1. The Kier molecular flexibility index (Phi) is 13.8. The van der Waals surface area contributed by atoms with Crippen molar-refractivity contribution in [3.63, 3.8) is 0 Å². The number of carbonyl (C=O) groups is 1. The Labute approximate surface area is 280 Å². The van der Waals surface area contributed by atoms with Gasteiger partial charge in [0, 0.05) is 82.1 Å². The molecule has 2 saturated heterocycles. The Morgan fingerprint density at radius 2 is 1.72 bits per heavy atom. The second-order valence-corrected chi connectivity index (χ2v) is 11.6. The van der Waals surface area contributed by atoms with Gasteiger partial charge in [-0.3, -0.25) is 14.6 Å². The number of benzene rings is 2. The summed E-state index contributed by atoms with van der Waals surface area (Å²) in [5.41, 5.74) is 1.03. The molecule has 13 heteroatoms. The van der Waals surface area contributed by atoms with Crippen molar-refractivity contribution in [2.75, 3.05) is 65.6 Å². The molecular formula is C33H43Cl2F3N4O4. The van der Waals surface area contributed by atoms with Crippen molar-refractivity contribution < 1.29 is 32.5 Å². The maximum absolute atomic E-state index is 14.0. The highest BCUT2D eigenvalue weighted by atomic mass is 35.5. The van der Waals surface area contributed by atoms with Gasteiger partial charge in [-0.25, -0.2) is 0 Å². The number of aromatic hydroxyl groups is 1. The summed E-state index contributed by atoms with van der Waals surface area (Å²) < 4.78 is 54.7. The molecule has 0 saturated carbocycles. The van der Waals surface area contributed by atoms with E-state index in [4.69, 9.17) is 9.47 Å². The molecule has 3 aromatic rings. The number of nitrogens with zero attached hydrogens (tertiary/aromatic N) is 4. The first-order valence-corrected chi connectivity index (χ1v) is 15.2. The first kappa shape index (κ1) is 37.7. The van der Waals surface area contributed by atoms with E-state index < -0.39 is 17.6 Å². The van der Waals surface area contributed by atoms with E-state index in [-0.39, 0.29) is 54.0 Å². The molecule has 2 aliphatic rings. The topological polar surface area (TPSA) is 70.4 Å². The molecule has 0 unspecified atom stereocenters. The van der Waals surface area contributed by atoms with Crippen LogP contribution in [0, 0.1) is 6.92 Å². The molecule has 46 heavy (non-hydrogen) atoms. The normalized spacial score (nSPS) is 19.4. The van der Waals surface area contributed by atoms with E-state index in [9.17, 15) is 23.1 Å². The minimum Gasteiger partial charge on any atom is -0.508 e. The fraction of sp³-hybridized carbons (Fsp3) is 0.485. The van der Waals surface area contributed by atoms with Gasteiger partial charge in [-0.05, 0) is 67.8 Å². The van der Waals surface area contributed by atoms with Crippen LogP contribution in [-0.2, 0) is 22.1 Å². The molecule has 3 heterocycles. The maximum atomic E-state index is 14.0. The number of halogens is 5. The average molecular weight is 688 g/mol. The van der Waals surface area contributed by atoms with Crippen LogP contribution in [0.1, 0.15) is 34.0 Å². The van der Waals surface area contributed by atoms with Crippen LogP contribution in [-0.4, -0.2) is 108 Å². The van der Waals surface area contributed by atoms with Crippen molar-refractivity contribution in [1.29, 1.82) is 0 Å². The van der Waals surface area contributed by atoms with Crippen LogP contribution in [0.3, 0.4) is 0 Å². The molecule has 0 radical (unpaired) electrons. The summed E-state index contributed by atoms with van der Waals surface area (Å²) >= 11 is 0. The fourth-order valence-corrected chi connectivity index (χ4v) is 5.96. The number of piperazine rings is 1. The zero-order valence-corrected chi connectivity index (χ0v) is 27.8. The van der Waals surface area contributed by atoms with Crippen molar-refractivity contribution in [1.82, 2.24) is 19.3 Å². The number of carbonyl (C=O) groups excluding carboxylic acids is 1. The molecule has 0 bridgehead atoms.